The first kappa shape index (κ1) is 16.7. The number of halogens is 2. The molecule has 1 rings (SSSR count). The first-order chi connectivity index (χ1) is 9.05. The molecule has 0 radical (unpaired) electrons. The summed E-state index contributed by atoms with van der Waals surface area (Å²) in [5.74, 6) is 0.0883. The molecule has 0 aliphatic rings. The van der Waals surface area contributed by atoms with E-state index in [2.05, 4.69) is 51.0 Å². The monoisotopic (exact) mass is 389 g/mol. The van der Waals surface area contributed by atoms with Crippen LogP contribution in [0.4, 0.5) is 0 Å². The molecule has 106 valence electrons. The normalized spacial score (nSPS) is 11.4. The number of hydrogen-bond donors (Lipinski definition) is 1. The molecule has 1 aromatic carbocycles. The van der Waals surface area contributed by atoms with Gasteiger partial charge in [0.05, 0.1) is 6.42 Å². The molecule has 0 bridgehead atoms. The second kappa shape index (κ2) is 8.05. The molecule has 0 aromatic heterocycles. The lowest BCUT2D eigenvalue weighted by Gasteiger charge is -2.29. The van der Waals surface area contributed by atoms with Crippen LogP contribution in [-0.2, 0) is 11.2 Å². The van der Waals surface area contributed by atoms with Crippen LogP contribution in [0.2, 0.25) is 0 Å². The molecule has 1 amide bonds. The number of benzene rings is 1. The number of carbonyl (C=O) groups is 1. The van der Waals surface area contributed by atoms with Crippen molar-refractivity contribution in [1.29, 1.82) is 0 Å². The number of nitrogens with one attached hydrogen (secondary N) is 1. The molecule has 0 heterocycles. The molecule has 4 heteroatoms. The minimum absolute atomic E-state index is 0.0883. The second-order valence-electron chi connectivity index (χ2n) is 4.92. The highest BCUT2D eigenvalue weighted by Crippen LogP contribution is 2.27. The quantitative estimate of drug-likeness (QED) is 0.690. The zero-order chi connectivity index (χ0) is 14.3. The van der Waals surface area contributed by atoms with Gasteiger partial charge in [-0.15, -0.1) is 0 Å². The highest BCUT2D eigenvalue weighted by molar-refractivity contribution is 9.10. The lowest BCUT2D eigenvalue weighted by molar-refractivity contribution is -0.120. The van der Waals surface area contributed by atoms with Crippen molar-refractivity contribution in [1.82, 2.24) is 5.32 Å². The van der Waals surface area contributed by atoms with Crippen molar-refractivity contribution < 1.29 is 4.79 Å². The van der Waals surface area contributed by atoms with E-state index in [9.17, 15) is 4.79 Å². The highest BCUT2D eigenvalue weighted by atomic mass is 79.9. The highest BCUT2D eigenvalue weighted by Gasteiger charge is 2.25. The Morgan fingerprint density at radius 1 is 1.32 bits per heavy atom. The molecule has 1 aromatic rings. The van der Waals surface area contributed by atoms with Gasteiger partial charge < -0.3 is 5.32 Å². The first-order valence-corrected chi connectivity index (χ1v) is 8.54. The molecule has 1 N–H and O–H groups in total. The lowest BCUT2D eigenvalue weighted by atomic mass is 9.84. The van der Waals surface area contributed by atoms with Crippen molar-refractivity contribution in [2.24, 2.45) is 5.41 Å². The predicted octanol–water partition coefficient (Wildman–Crippen LogP) is 4.31. The van der Waals surface area contributed by atoms with Crippen LogP contribution in [0.5, 0.6) is 0 Å². The van der Waals surface area contributed by atoms with E-state index in [4.69, 9.17) is 0 Å². The van der Waals surface area contributed by atoms with Gasteiger partial charge in [0.15, 0.2) is 0 Å². The Morgan fingerprint density at radius 3 is 2.53 bits per heavy atom. The van der Waals surface area contributed by atoms with E-state index >= 15 is 0 Å². The Morgan fingerprint density at radius 2 is 2.00 bits per heavy atom. The summed E-state index contributed by atoms with van der Waals surface area (Å²) in [6, 6.07) is 7.87. The Balaban J connectivity index is 2.52. The number of amides is 1. The maximum absolute atomic E-state index is 12.0. The van der Waals surface area contributed by atoms with Gasteiger partial charge in [-0.3, -0.25) is 4.79 Å². The van der Waals surface area contributed by atoms with Crippen LogP contribution in [0, 0.1) is 5.41 Å². The van der Waals surface area contributed by atoms with Crippen LogP contribution >= 0.6 is 31.9 Å². The van der Waals surface area contributed by atoms with Crippen molar-refractivity contribution >= 4 is 37.8 Å². The van der Waals surface area contributed by atoms with Crippen LogP contribution in [-0.4, -0.2) is 17.8 Å². The van der Waals surface area contributed by atoms with Gasteiger partial charge in [0, 0.05) is 16.3 Å². The number of hydrogen-bond acceptors (Lipinski definition) is 1. The molecular weight excluding hydrogens is 370 g/mol. The largest absolute Gasteiger partial charge is 0.355 e. The maximum atomic E-state index is 12.0. The van der Waals surface area contributed by atoms with Gasteiger partial charge in [-0.1, -0.05) is 57.8 Å². The van der Waals surface area contributed by atoms with Crippen molar-refractivity contribution in [2.75, 3.05) is 11.9 Å². The van der Waals surface area contributed by atoms with E-state index in [0.717, 1.165) is 34.8 Å². The SMILES string of the molecule is CCC(CC)(CBr)CNC(=O)Cc1cccc(Br)c1. The van der Waals surface area contributed by atoms with Gasteiger partial charge >= 0.3 is 0 Å². The van der Waals surface area contributed by atoms with Crippen molar-refractivity contribution in [3.8, 4) is 0 Å². The average Bonchev–Trinajstić information content (AvgIpc) is 2.41. The fraction of sp³-hybridized carbons (Fsp3) is 0.533. The zero-order valence-electron chi connectivity index (χ0n) is 11.5. The minimum Gasteiger partial charge on any atom is -0.355 e. The van der Waals surface area contributed by atoms with Gasteiger partial charge in [-0.25, -0.2) is 0 Å². The molecule has 0 aliphatic carbocycles. The van der Waals surface area contributed by atoms with Gasteiger partial charge in [0.1, 0.15) is 0 Å². The molecule has 0 atom stereocenters. The smallest absolute Gasteiger partial charge is 0.224 e. The predicted molar refractivity (Wildman–Crippen MR) is 87.7 cm³/mol. The van der Waals surface area contributed by atoms with Gasteiger partial charge in [-0.05, 0) is 36.0 Å². The summed E-state index contributed by atoms with van der Waals surface area (Å²) in [4.78, 5) is 12.0. The molecule has 0 spiro atoms. The van der Waals surface area contributed by atoms with E-state index < -0.39 is 0 Å². The van der Waals surface area contributed by atoms with E-state index in [1.807, 2.05) is 24.3 Å². The van der Waals surface area contributed by atoms with Gasteiger partial charge in [0.25, 0.3) is 0 Å². The fourth-order valence-corrected chi connectivity index (χ4v) is 3.36. The van der Waals surface area contributed by atoms with Crippen LogP contribution in [0.3, 0.4) is 0 Å². The van der Waals surface area contributed by atoms with Crippen LogP contribution in [0.25, 0.3) is 0 Å². The third kappa shape index (κ3) is 5.27. The van der Waals surface area contributed by atoms with Crippen molar-refractivity contribution in [3.05, 3.63) is 34.3 Å². The summed E-state index contributed by atoms with van der Waals surface area (Å²) in [6.07, 6.45) is 2.56. The van der Waals surface area contributed by atoms with Crippen LogP contribution < -0.4 is 5.32 Å². The summed E-state index contributed by atoms with van der Waals surface area (Å²) in [6.45, 7) is 5.08. The van der Waals surface area contributed by atoms with Crippen molar-refractivity contribution in [2.45, 2.75) is 33.1 Å². The summed E-state index contributed by atoms with van der Waals surface area (Å²) >= 11 is 6.98. The summed E-state index contributed by atoms with van der Waals surface area (Å²) in [5.41, 5.74) is 1.21. The fourth-order valence-electron chi connectivity index (χ4n) is 1.92. The van der Waals surface area contributed by atoms with E-state index in [0.29, 0.717) is 6.42 Å². The molecule has 19 heavy (non-hydrogen) atoms. The minimum atomic E-state index is 0.0883. The van der Waals surface area contributed by atoms with Gasteiger partial charge in [-0.2, -0.15) is 0 Å². The Hall–Kier alpha value is -0.350. The summed E-state index contributed by atoms with van der Waals surface area (Å²) < 4.78 is 1.01. The second-order valence-corrected chi connectivity index (χ2v) is 6.40. The summed E-state index contributed by atoms with van der Waals surface area (Å²) in [7, 11) is 0. The molecule has 0 fully saturated rings. The molecule has 2 nitrogen and oxygen atoms in total. The Labute approximate surface area is 132 Å². The van der Waals surface area contributed by atoms with E-state index in [-0.39, 0.29) is 11.3 Å². The topological polar surface area (TPSA) is 29.1 Å². The maximum Gasteiger partial charge on any atom is 0.224 e. The third-order valence-electron chi connectivity index (χ3n) is 3.70. The van der Waals surface area contributed by atoms with Crippen LogP contribution in [0.15, 0.2) is 28.7 Å². The molecular formula is C15H21Br2NO. The summed E-state index contributed by atoms with van der Waals surface area (Å²) in [5, 5.41) is 3.98. The first-order valence-electron chi connectivity index (χ1n) is 6.62. The third-order valence-corrected chi connectivity index (χ3v) is 5.38. The molecule has 0 aliphatic heterocycles. The zero-order valence-corrected chi connectivity index (χ0v) is 14.7. The lowest BCUT2D eigenvalue weighted by Crippen LogP contribution is -2.38. The number of rotatable bonds is 7. The van der Waals surface area contributed by atoms with E-state index in [1.54, 1.807) is 0 Å². The number of carbonyl (C=O) groups excluding carboxylic acids is 1. The molecule has 0 saturated carbocycles. The molecule has 0 saturated heterocycles. The Bertz CT molecular complexity index is 408. The van der Waals surface area contributed by atoms with Crippen LogP contribution in [0.1, 0.15) is 32.3 Å². The van der Waals surface area contributed by atoms with E-state index in [1.165, 1.54) is 0 Å². The van der Waals surface area contributed by atoms with Gasteiger partial charge in [0.2, 0.25) is 5.91 Å². The van der Waals surface area contributed by atoms with Crippen molar-refractivity contribution in [3.63, 3.8) is 0 Å². The average molecular weight is 391 g/mol. The molecule has 0 unspecified atom stereocenters. The standard InChI is InChI=1S/C15H21Br2NO/c1-3-15(4-2,10-16)11-18-14(19)9-12-6-5-7-13(17)8-12/h5-8H,3-4,9-11H2,1-2H3,(H,18,19). The Kier molecular flexibility index (Phi) is 7.08. The number of alkyl halides is 1.